The number of pyridine rings is 1. The normalized spacial score (nSPS) is 24.4. The van der Waals surface area contributed by atoms with Gasteiger partial charge in [0.2, 0.25) is 0 Å². The molecule has 0 bridgehead atoms. The number of amides is 1. The SMILES string of the molecule is CCCC[C@@H](CC1=CC[C@@H]2[C@H](CC[C@]3(C)C(c4cccnc4)=CC[C@@H]23)C1)OC(=O)OCC(=O)N(CC(=O)O)Cc1ccccc1. The van der Waals surface area contributed by atoms with E-state index in [2.05, 4.69) is 37.0 Å². The zero-order valence-corrected chi connectivity index (χ0v) is 26.5. The highest BCUT2D eigenvalue weighted by molar-refractivity contribution is 5.83. The molecule has 1 heterocycles. The van der Waals surface area contributed by atoms with Crippen molar-refractivity contribution < 1.29 is 29.0 Å². The minimum Gasteiger partial charge on any atom is -0.480 e. The molecule has 240 valence electrons. The van der Waals surface area contributed by atoms with Crippen LogP contribution in [0.4, 0.5) is 4.79 Å². The van der Waals surface area contributed by atoms with E-state index in [0.717, 1.165) is 49.0 Å². The molecule has 0 unspecified atom stereocenters. The van der Waals surface area contributed by atoms with Crippen molar-refractivity contribution >= 4 is 23.6 Å². The zero-order valence-electron chi connectivity index (χ0n) is 26.5. The van der Waals surface area contributed by atoms with E-state index in [4.69, 9.17) is 9.47 Å². The predicted molar refractivity (Wildman–Crippen MR) is 172 cm³/mol. The number of hydrogen-bond donors (Lipinski definition) is 1. The van der Waals surface area contributed by atoms with E-state index in [-0.39, 0.29) is 18.1 Å². The molecule has 0 spiro atoms. The lowest BCUT2D eigenvalue weighted by molar-refractivity contribution is -0.146. The van der Waals surface area contributed by atoms with Crippen molar-refractivity contribution in [3.63, 3.8) is 0 Å². The van der Waals surface area contributed by atoms with Crippen LogP contribution in [0.25, 0.3) is 5.57 Å². The Morgan fingerprint density at radius 1 is 1.11 bits per heavy atom. The van der Waals surface area contributed by atoms with E-state index < -0.39 is 31.2 Å². The highest BCUT2D eigenvalue weighted by atomic mass is 16.7. The number of aliphatic carboxylic acids is 1. The van der Waals surface area contributed by atoms with Crippen LogP contribution in [-0.4, -0.2) is 52.3 Å². The first-order chi connectivity index (χ1) is 21.8. The molecule has 3 aliphatic rings. The lowest BCUT2D eigenvalue weighted by Gasteiger charge is -2.49. The minimum absolute atomic E-state index is 0.112. The Morgan fingerprint density at radius 2 is 1.93 bits per heavy atom. The van der Waals surface area contributed by atoms with Crippen molar-refractivity contribution in [1.82, 2.24) is 9.88 Å². The van der Waals surface area contributed by atoms with Gasteiger partial charge in [0.15, 0.2) is 6.61 Å². The number of nitrogens with zero attached hydrogens (tertiary/aromatic N) is 2. The van der Waals surface area contributed by atoms with E-state index >= 15 is 0 Å². The summed E-state index contributed by atoms with van der Waals surface area (Å²) in [6.45, 7) is 3.62. The van der Waals surface area contributed by atoms with Crippen LogP contribution >= 0.6 is 0 Å². The highest BCUT2D eigenvalue weighted by Gasteiger charge is 2.51. The summed E-state index contributed by atoms with van der Waals surface area (Å²) in [7, 11) is 0. The van der Waals surface area contributed by atoms with Crippen molar-refractivity contribution in [1.29, 1.82) is 0 Å². The third-order valence-corrected chi connectivity index (χ3v) is 10.2. The number of allylic oxidation sites excluding steroid dienone is 3. The third-order valence-electron chi connectivity index (χ3n) is 10.2. The first-order valence-electron chi connectivity index (χ1n) is 16.4. The summed E-state index contributed by atoms with van der Waals surface area (Å²) >= 11 is 0. The molecule has 2 aromatic rings. The van der Waals surface area contributed by atoms with Gasteiger partial charge in [-0.1, -0.05) is 80.8 Å². The number of carbonyl (C=O) groups is 3. The molecule has 8 nitrogen and oxygen atoms in total. The Labute approximate surface area is 266 Å². The molecule has 1 saturated carbocycles. The number of ether oxygens (including phenoxy) is 2. The Bertz CT molecular complexity index is 1390. The van der Waals surface area contributed by atoms with Gasteiger partial charge in [0.05, 0.1) is 0 Å². The molecule has 1 N–H and O–H groups in total. The van der Waals surface area contributed by atoms with E-state index in [9.17, 15) is 19.5 Å². The fourth-order valence-corrected chi connectivity index (χ4v) is 7.91. The monoisotopic (exact) mass is 614 g/mol. The highest BCUT2D eigenvalue weighted by Crippen LogP contribution is 2.61. The molecule has 45 heavy (non-hydrogen) atoms. The Morgan fingerprint density at radius 3 is 2.67 bits per heavy atom. The van der Waals surface area contributed by atoms with Gasteiger partial charge in [-0.25, -0.2) is 4.79 Å². The molecule has 0 aliphatic heterocycles. The van der Waals surface area contributed by atoms with Crippen LogP contribution in [-0.2, 0) is 25.6 Å². The molecule has 5 atom stereocenters. The van der Waals surface area contributed by atoms with Crippen molar-refractivity contribution in [2.45, 2.75) is 84.3 Å². The van der Waals surface area contributed by atoms with Crippen LogP contribution in [0.1, 0.15) is 82.8 Å². The van der Waals surface area contributed by atoms with Crippen molar-refractivity contribution in [2.24, 2.45) is 23.2 Å². The van der Waals surface area contributed by atoms with Crippen LogP contribution in [0.15, 0.2) is 72.6 Å². The lowest BCUT2D eigenvalue weighted by Crippen LogP contribution is -2.41. The number of hydrogen-bond acceptors (Lipinski definition) is 6. The number of carbonyl (C=O) groups excluding carboxylic acids is 2. The van der Waals surface area contributed by atoms with E-state index in [1.54, 1.807) is 0 Å². The maximum Gasteiger partial charge on any atom is 0.509 e. The molecule has 8 heteroatoms. The summed E-state index contributed by atoms with van der Waals surface area (Å²) in [5, 5.41) is 9.30. The average Bonchev–Trinajstić information content (AvgIpc) is 3.40. The van der Waals surface area contributed by atoms with Crippen molar-refractivity contribution in [3.8, 4) is 0 Å². The van der Waals surface area contributed by atoms with Gasteiger partial charge in [0.1, 0.15) is 12.6 Å². The van der Waals surface area contributed by atoms with Crippen LogP contribution in [0.3, 0.4) is 0 Å². The third kappa shape index (κ3) is 8.02. The smallest absolute Gasteiger partial charge is 0.480 e. The topological polar surface area (TPSA) is 106 Å². The van der Waals surface area contributed by atoms with E-state index in [1.165, 1.54) is 29.6 Å². The molecule has 1 aromatic heterocycles. The number of aromatic nitrogens is 1. The summed E-state index contributed by atoms with van der Waals surface area (Å²) in [5.41, 5.74) is 5.04. The molecular weight excluding hydrogens is 568 g/mol. The summed E-state index contributed by atoms with van der Waals surface area (Å²) in [4.78, 5) is 42.5. The zero-order chi connectivity index (χ0) is 31.8. The second-order valence-electron chi connectivity index (χ2n) is 13.1. The van der Waals surface area contributed by atoms with Gasteiger partial charge in [-0.15, -0.1) is 0 Å². The average molecular weight is 615 g/mol. The summed E-state index contributed by atoms with van der Waals surface area (Å²) in [5.74, 6) is 0.193. The second-order valence-corrected chi connectivity index (χ2v) is 13.1. The fraction of sp³-hybridized carbons (Fsp3) is 0.514. The number of benzene rings is 1. The number of carboxylic acids is 1. The summed E-state index contributed by atoms with van der Waals surface area (Å²) in [6.07, 6.45) is 16.3. The summed E-state index contributed by atoms with van der Waals surface area (Å²) < 4.78 is 11.0. The molecule has 3 aliphatic carbocycles. The van der Waals surface area contributed by atoms with Crippen LogP contribution in [0.2, 0.25) is 0 Å². The fourth-order valence-electron chi connectivity index (χ4n) is 7.91. The number of carboxylic acid groups (broad SMARTS) is 1. The van der Waals surface area contributed by atoms with Gasteiger partial charge in [-0.3, -0.25) is 14.6 Å². The standard InChI is InChI=1S/C37H46N2O6/c1-3-4-12-30(45-36(43)44-25-34(40)39(24-35(41)42)23-26-9-6-5-7-10-26)21-27-13-14-31-28(20-27)17-18-37(2)32(15-16-33(31)37)29-11-8-19-38-22-29/h5-11,13,15,19,22,28,30-31,33H,3-4,12,14,16-18,20-21,23-25H2,1-2H3,(H,41,42)/t28-,30+,31-,33+,37-/m1/s1. The maximum atomic E-state index is 12.8. The van der Waals surface area contributed by atoms with Gasteiger partial charge >= 0.3 is 12.1 Å². The van der Waals surface area contributed by atoms with Crippen LogP contribution < -0.4 is 0 Å². The first-order valence-corrected chi connectivity index (χ1v) is 16.4. The van der Waals surface area contributed by atoms with E-state index in [0.29, 0.717) is 24.2 Å². The lowest BCUT2D eigenvalue weighted by atomic mass is 9.55. The molecule has 0 radical (unpaired) electrons. The Hall–Kier alpha value is -3.94. The molecule has 5 rings (SSSR count). The molecule has 1 aromatic carbocycles. The van der Waals surface area contributed by atoms with Gasteiger partial charge < -0.3 is 19.5 Å². The first kappa shape index (κ1) is 32.5. The number of fused-ring (bicyclic) bond motifs is 3. The second kappa shape index (κ2) is 14.9. The van der Waals surface area contributed by atoms with Gasteiger partial charge in [0, 0.05) is 25.4 Å². The predicted octanol–water partition coefficient (Wildman–Crippen LogP) is 7.45. The Balaban J connectivity index is 1.16. The van der Waals surface area contributed by atoms with Crippen LogP contribution in [0, 0.1) is 23.2 Å². The largest absolute Gasteiger partial charge is 0.509 e. The minimum atomic E-state index is -1.13. The number of rotatable bonds is 13. The van der Waals surface area contributed by atoms with Crippen molar-refractivity contribution in [2.75, 3.05) is 13.2 Å². The molecule has 0 saturated heterocycles. The quantitative estimate of drug-likeness (QED) is 0.184. The van der Waals surface area contributed by atoms with Crippen molar-refractivity contribution in [3.05, 3.63) is 83.7 Å². The molecule has 1 amide bonds. The van der Waals surface area contributed by atoms with Gasteiger partial charge in [0.25, 0.3) is 5.91 Å². The van der Waals surface area contributed by atoms with E-state index in [1.807, 2.05) is 48.8 Å². The maximum absolute atomic E-state index is 12.8. The Kier molecular flexibility index (Phi) is 10.7. The van der Waals surface area contributed by atoms with Crippen LogP contribution in [0.5, 0.6) is 0 Å². The number of unbranched alkanes of at least 4 members (excludes halogenated alkanes) is 1. The molecule has 1 fully saturated rings. The molecular formula is C37H46N2O6. The summed E-state index contributed by atoms with van der Waals surface area (Å²) in [6, 6.07) is 13.3. The van der Waals surface area contributed by atoms with Gasteiger partial charge in [-0.05, 0) is 84.5 Å². The van der Waals surface area contributed by atoms with Gasteiger partial charge in [-0.2, -0.15) is 0 Å².